The van der Waals surface area contributed by atoms with E-state index in [-0.39, 0.29) is 36.0 Å². The van der Waals surface area contributed by atoms with E-state index < -0.39 is 11.7 Å². The van der Waals surface area contributed by atoms with Crippen LogP contribution in [-0.4, -0.2) is 31.8 Å². The van der Waals surface area contributed by atoms with Gasteiger partial charge in [-0.2, -0.15) is 13.2 Å². The summed E-state index contributed by atoms with van der Waals surface area (Å²) in [5.41, 5.74) is 2.00. The highest BCUT2D eigenvalue weighted by Gasteiger charge is 2.37. The van der Waals surface area contributed by atoms with Gasteiger partial charge in [0.1, 0.15) is 17.6 Å². The van der Waals surface area contributed by atoms with E-state index in [1.807, 2.05) is 18.2 Å². The van der Waals surface area contributed by atoms with Gasteiger partial charge in [-0.1, -0.05) is 24.3 Å². The van der Waals surface area contributed by atoms with Crippen molar-refractivity contribution in [3.63, 3.8) is 0 Å². The maximum atomic E-state index is 13.8. The van der Waals surface area contributed by atoms with Crippen LogP contribution in [0.2, 0.25) is 0 Å². The average molecular weight is 499 g/mol. The third-order valence-corrected chi connectivity index (χ3v) is 6.64. The van der Waals surface area contributed by atoms with Crippen LogP contribution in [0.25, 0.3) is 11.3 Å². The molecule has 5 rings (SSSR count). The van der Waals surface area contributed by atoms with E-state index in [2.05, 4.69) is 4.98 Å². The molecule has 0 spiro atoms. The van der Waals surface area contributed by atoms with Crippen LogP contribution < -0.4 is 14.2 Å². The molecule has 36 heavy (non-hydrogen) atoms. The van der Waals surface area contributed by atoms with Gasteiger partial charge in [0, 0.05) is 29.2 Å². The second-order valence-corrected chi connectivity index (χ2v) is 8.75. The number of hydrogen-bond acceptors (Lipinski definition) is 6. The van der Waals surface area contributed by atoms with Gasteiger partial charge in [-0.3, -0.25) is 4.79 Å². The lowest BCUT2D eigenvalue weighted by molar-refractivity contribution is -0.141. The zero-order valence-electron chi connectivity index (χ0n) is 19.7. The van der Waals surface area contributed by atoms with Crippen LogP contribution in [0, 0.1) is 0 Å². The highest BCUT2D eigenvalue weighted by atomic mass is 19.4. The minimum Gasteiger partial charge on any atom is -0.492 e. The summed E-state index contributed by atoms with van der Waals surface area (Å²) in [6, 6.07) is 13.0. The van der Waals surface area contributed by atoms with Crippen molar-refractivity contribution in [2.24, 2.45) is 0 Å². The number of rotatable bonds is 6. The molecule has 6 nitrogen and oxygen atoms in total. The summed E-state index contributed by atoms with van der Waals surface area (Å²) < 4.78 is 63.2. The van der Waals surface area contributed by atoms with E-state index in [0.717, 1.165) is 22.8 Å². The number of esters is 1. The monoisotopic (exact) mass is 499 g/mol. The first-order chi connectivity index (χ1) is 17.3. The Balaban J connectivity index is 1.43. The fourth-order valence-corrected chi connectivity index (χ4v) is 4.90. The largest absolute Gasteiger partial charge is 0.492 e. The molecule has 2 unspecified atom stereocenters. The normalized spacial score (nSPS) is 18.2. The number of pyridine rings is 1. The molecular weight excluding hydrogens is 475 g/mol. The van der Waals surface area contributed by atoms with E-state index in [9.17, 15) is 18.0 Å². The third-order valence-electron chi connectivity index (χ3n) is 6.64. The smallest absolute Gasteiger partial charge is 0.418 e. The van der Waals surface area contributed by atoms with E-state index in [0.29, 0.717) is 36.5 Å². The van der Waals surface area contributed by atoms with Crippen LogP contribution in [0.1, 0.15) is 47.1 Å². The molecule has 2 aromatic carbocycles. The number of alkyl halides is 3. The van der Waals surface area contributed by atoms with Crippen molar-refractivity contribution in [2.75, 3.05) is 20.8 Å². The molecule has 1 aromatic heterocycles. The van der Waals surface area contributed by atoms with Gasteiger partial charge in [-0.15, -0.1) is 0 Å². The van der Waals surface area contributed by atoms with Gasteiger partial charge in [0.2, 0.25) is 5.88 Å². The number of nitrogens with zero attached hydrogens (tertiary/aromatic N) is 1. The van der Waals surface area contributed by atoms with Crippen molar-refractivity contribution in [1.82, 2.24) is 4.98 Å². The Labute approximate surface area is 206 Å². The summed E-state index contributed by atoms with van der Waals surface area (Å²) in [7, 11) is 2.73. The third kappa shape index (κ3) is 4.45. The van der Waals surface area contributed by atoms with Crippen molar-refractivity contribution in [1.29, 1.82) is 0 Å². The lowest BCUT2D eigenvalue weighted by atomic mass is 9.97. The number of hydrogen-bond donors (Lipinski definition) is 0. The highest BCUT2D eigenvalue weighted by molar-refractivity contribution is 5.71. The molecule has 0 saturated carbocycles. The van der Waals surface area contributed by atoms with Gasteiger partial charge >= 0.3 is 12.1 Å². The molecule has 0 fully saturated rings. The number of methoxy groups -OCH3 is 2. The Morgan fingerprint density at radius 2 is 1.94 bits per heavy atom. The lowest BCUT2D eigenvalue weighted by Crippen LogP contribution is -2.10. The number of aromatic nitrogens is 1. The van der Waals surface area contributed by atoms with Crippen LogP contribution in [-0.2, 0) is 22.1 Å². The van der Waals surface area contributed by atoms with Crippen molar-refractivity contribution in [3.8, 4) is 28.6 Å². The number of halogens is 3. The predicted molar refractivity (Wildman–Crippen MR) is 124 cm³/mol. The number of fused-ring (bicyclic) bond motifs is 2. The van der Waals surface area contributed by atoms with Crippen LogP contribution in [0.5, 0.6) is 17.4 Å². The Bertz CT molecular complexity index is 1310. The maximum absolute atomic E-state index is 13.8. The van der Waals surface area contributed by atoms with Gasteiger partial charge in [0.25, 0.3) is 0 Å². The summed E-state index contributed by atoms with van der Waals surface area (Å²) in [5.74, 6) is 0.990. The zero-order chi connectivity index (χ0) is 25.4. The molecule has 9 heteroatoms. The second-order valence-electron chi connectivity index (χ2n) is 8.75. The minimum absolute atomic E-state index is 0.0746. The Hall–Kier alpha value is -3.75. The highest BCUT2D eigenvalue weighted by Crippen LogP contribution is 2.45. The molecular formula is C27H24F3NO5. The summed E-state index contributed by atoms with van der Waals surface area (Å²) in [6.45, 7) is 0.387. The first kappa shape index (κ1) is 24.0. The predicted octanol–water partition coefficient (Wildman–Crippen LogP) is 5.88. The standard InChI is InChI=1S/C27H24F3NO5/c1-33-24-11-9-21(27(28,29)30)26(31-24)20-5-3-4-19-18(20)8-10-22(19)36-16-6-7-17-15(12-25(32)34-2)14-35-23(17)13-16/h3-7,9,11,13,15,22H,8,10,12,14H2,1-2H3. The van der Waals surface area contributed by atoms with Gasteiger partial charge in [-0.25, -0.2) is 4.98 Å². The fourth-order valence-electron chi connectivity index (χ4n) is 4.90. The first-order valence-corrected chi connectivity index (χ1v) is 11.5. The molecule has 1 aliphatic heterocycles. The Kier molecular flexibility index (Phi) is 6.24. The SMILES string of the molecule is COC(=O)CC1COc2cc(OC3CCc4c(-c5nc(OC)ccc5C(F)(F)F)cccc43)ccc21. The van der Waals surface area contributed by atoms with Crippen molar-refractivity contribution < 1.29 is 36.9 Å². The van der Waals surface area contributed by atoms with Gasteiger partial charge in [-0.05, 0) is 36.1 Å². The number of benzene rings is 2. The second kappa shape index (κ2) is 9.37. The van der Waals surface area contributed by atoms with Crippen LogP contribution in [0.3, 0.4) is 0 Å². The van der Waals surface area contributed by atoms with E-state index in [1.54, 1.807) is 18.2 Å². The maximum Gasteiger partial charge on any atom is 0.418 e. The molecule has 2 atom stereocenters. The minimum atomic E-state index is -4.55. The first-order valence-electron chi connectivity index (χ1n) is 11.5. The summed E-state index contributed by atoms with van der Waals surface area (Å²) in [6.07, 6.45) is -3.48. The zero-order valence-corrected chi connectivity index (χ0v) is 19.7. The van der Waals surface area contributed by atoms with Gasteiger partial charge in [0.05, 0.1) is 38.5 Å². The molecule has 1 aliphatic carbocycles. The van der Waals surface area contributed by atoms with Crippen LogP contribution in [0.4, 0.5) is 13.2 Å². The van der Waals surface area contributed by atoms with Crippen LogP contribution >= 0.6 is 0 Å². The van der Waals surface area contributed by atoms with E-state index in [1.165, 1.54) is 20.3 Å². The molecule has 0 radical (unpaired) electrons. The van der Waals surface area contributed by atoms with Gasteiger partial charge in [0.15, 0.2) is 0 Å². The molecule has 0 amide bonds. The molecule has 0 saturated heterocycles. The molecule has 2 heterocycles. The summed E-state index contributed by atoms with van der Waals surface area (Å²) in [4.78, 5) is 15.8. The van der Waals surface area contributed by atoms with Crippen molar-refractivity contribution in [2.45, 2.75) is 37.5 Å². The number of ether oxygens (including phenoxy) is 4. The quantitative estimate of drug-likeness (QED) is 0.395. The lowest BCUT2D eigenvalue weighted by Gasteiger charge is -2.18. The molecule has 0 N–H and O–H groups in total. The molecule has 188 valence electrons. The van der Waals surface area contributed by atoms with E-state index in [4.69, 9.17) is 18.9 Å². The average Bonchev–Trinajstić information content (AvgIpc) is 3.46. The topological polar surface area (TPSA) is 66.9 Å². The van der Waals surface area contributed by atoms with Crippen molar-refractivity contribution in [3.05, 3.63) is 70.8 Å². The molecule has 3 aromatic rings. The number of carbonyl (C=O) groups excluding carboxylic acids is 1. The van der Waals surface area contributed by atoms with Crippen molar-refractivity contribution >= 4 is 5.97 Å². The van der Waals surface area contributed by atoms with E-state index >= 15 is 0 Å². The Morgan fingerprint density at radius 1 is 1.11 bits per heavy atom. The van der Waals surface area contributed by atoms with Gasteiger partial charge < -0.3 is 18.9 Å². The molecule has 0 bridgehead atoms. The molecule has 2 aliphatic rings. The van der Waals surface area contributed by atoms with Crippen LogP contribution in [0.15, 0.2) is 48.5 Å². The summed E-state index contributed by atoms with van der Waals surface area (Å²) >= 11 is 0. The summed E-state index contributed by atoms with van der Waals surface area (Å²) in [5, 5.41) is 0. The fraction of sp³-hybridized carbons (Fsp3) is 0.333. The Morgan fingerprint density at radius 3 is 2.69 bits per heavy atom. The number of carbonyl (C=O) groups is 1.